The number of anilines is 5. The molecule has 5 fully saturated rings. The van der Waals surface area contributed by atoms with Gasteiger partial charge in [0.1, 0.15) is 30.5 Å². The fraction of sp³-hybridized carbons (Fsp3) is 0.450. The second kappa shape index (κ2) is 46.6. The normalized spacial score (nSPS) is 21.6. The van der Waals surface area contributed by atoms with Crippen LogP contribution < -0.4 is 52.4 Å². The maximum atomic E-state index is 14.2. The Morgan fingerprint density at radius 3 is 1.24 bits per heavy atom. The smallest absolute Gasteiger partial charge is 0.416 e. The highest BCUT2D eigenvalue weighted by atomic mass is 35.5. The van der Waals surface area contributed by atoms with Crippen LogP contribution in [0, 0.1) is 0 Å². The Bertz CT molecular complexity index is 6360. The van der Waals surface area contributed by atoms with Gasteiger partial charge in [0.15, 0.2) is 59.5 Å². The summed E-state index contributed by atoms with van der Waals surface area (Å²) in [7, 11) is 4.51. The number of halogens is 1. The summed E-state index contributed by atoms with van der Waals surface area (Å²) in [6.45, 7) is 19.1. The van der Waals surface area contributed by atoms with Crippen molar-refractivity contribution in [3.63, 3.8) is 0 Å². The van der Waals surface area contributed by atoms with E-state index in [4.69, 9.17) is 73.7 Å². The molecular weight excluding hydrogens is 1880 g/mol. The number of hydrogen-bond acceptors (Lipinski definition) is 25. The van der Waals surface area contributed by atoms with E-state index < -0.39 is 55.3 Å². The van der Waals surface area contributed by atoms with Crippen LogP contribution in [0.2, 0.25) is 0 Å². The number of rotatable bonds is 26. The van der Waals surface area contributed by atoms with E-state index in [1.807, 2.05) is 83.9 Å². The van der Waals surface area contributed by atoms with Gasteiger partial charge in [0.25, 0.3) is 17.7 Å². The maximum Gasteiger partial charge on any atom is 0.416 e. The highest BCUT2D eigenvalue weighted by Crippen LogP contribution is 2.52. The van der Waals surface area contributed by atoms with Crippen molar-refractivity contribution in [2.45, 2.75) is 217 Å². The van der Waals surface area contributed by atoms with Crippen molar-refractivity contribution >= 4 is 132 Å². The fourth-order valence-corrected chi connectivity index (χ4v) is 22.1. The molecule has 10 atom stereocenters. The molecule has 11 aliphatic heterocycles. The highest BCUT2D eigenvalue weighted by Gasteiger charge is 2.50. The van der Waals surface area contributed by atoms with E-state index in [2.05, 4.69) is 38.9 Å². The standard InChI is InChI=1S/C40H47N3O9.C31H33N3O5.C27H36N2O9.C13H12ClNO/c1-4-18-51-40(47)43-30-23-34(49-20-11-15-35(45)42-24-25(2)37-27-13-6-5-12-26(27)32(44)22-31(37)42)33(48-3)21-28(30)38(46)41-17-9-7-14-29(41)39(43)52-36-16-8-10-19-50-36;1-19-18-34(25-16-26(35)21-9-3-4-10-22(21)30(19)25)29(36)11-7-13-39-28-15-24-23(14-27(28)38-2)31(37)33-12-6-5-8-20(33)17-32-24;1-3-13-37-27(33)29-20-17-22(35-15-8-10-23(30)31)21(34-2)16-18(20)25(32)28-12-6-4-9-19(28)26(29)38-24-11-5-7-14-36-24;1-8-7-15(14)11-6-12(16)9-4-2-3-5-10(9)13(8)11/h4-6,12-13,21-23,25,29,36,39,44H,1,7-11,14-20,24H2,2-3H3;3-4,9-10,14-17,19-20,35H,5-8,11-13,18H2,1-2H3;3,16-17,19,24,26H,1,4-15H2,2H3,(H,30,31);2-6,8,16H,7H2,1H3/t25-,29+,36?,39?;19-,20+;19-,24?,26?;8-/m1101/s1. The van der Waals surface area contributed by atoms with Crippen molar-refractivity contribution in [2.24, 2.45) is 4.99 Å². The van der Waals surface area contributed by atoms with Gasteiger partial charge in [0.2, 0.25) is 11.8 Å². The molecule has 145 heavy (non-hydrogen) atoms. The Hall–Kier alpha value is -13.6. The Morgan fingerprint density at radius 1 is 0.441 bits per heavy atom. The molecule has 5 saturated heterocycles. The number of aliphatic imine (C=N–C) groups is 1. The molecule has 0 radical (unpaired) electrons. The molecule has 0 aliphatic carbocycles. The zero-order chi connectivity index (χ0) is 102. The monoisotopic (exact) mass is 2010 g/mol. The van der Waals surface area contributed by atoms with Crippen LogP contribution in [0.25, 0.3) is 32.3 Å². The number of amides is 7. The number of carbonyl (C=O) groups is 8. The molecular formula is C111H128ClN9O24. The van der Waals surface area contributed by atoms with Gasteiger partial charge in [0.05, 0.1) is 110 Å². The second-order valence-electron chi connectivity index (χ2n) is 38.3. The molecule has 768 valence electrons. The van der Waals surface area contributed by atoms with Crippen molar-refractivity contribution in [3.8, 4) is 51.7 Å². The molecule has 11 heterocycles. The zero-order valence-electron chi connectivity index (χ0n) is 82.9. The predicted molar refractivity (Wildman–Crippen MR) is 550 cm³/mol. The van der Waals surface area contributed by atoms with Crippen molar-refractivity contribution in [1.29, 1.82) is 0 Å². The summed E-state index contributed by atoms with van der Waals surface area (Å²) in [6, 6.07) is 37.6. The van der Waals surface area contributed by atoms with Crippen LogP contribution in [0.1, 0.15) is 221 Å². The summed E-state index contributed by atoms with van der Waals surface area (Å²) in [6.07, 6.45) is 15.2. The zero-order valence-corrected chi connectivity index (χ0v) is 83.7. The van der Waals surface area contributed by atoms with Gasteiger partial charge in [-0.1, -0.05) is 119 Å². The van der Waals surface area contributed by atoms with Gasteiger partial charge < -0.3 is 102 Å². The first kappa shape index (κ1) is 103. The van der Waals surface area contributed by atoms with Gasteiger partial charge in [-0.05, 0) is 167 Å². The molecule has 7 amide bonds. The summed E-state index contributed by atoms with van der Waals surface area (Å²) in [5.41, 5.74) is 8.06. The number of aliphatic carboxylic acids is 1. The summed E-state index contributed by atoms with van der Waals surface area (Å²) in [4.78, 5) is 123. The number of carboxylic acid groups (broad SMARTS) is 1. The SMILES string of the molecule is C=CCOC(=O)N1c2cc(OCCCC(=O)N3C[C@@H](C)c4c3cc(O)c3ccccc43)c(OC)cc2C(=O)N2CCCC[C@H]2C1OC1CCCCO1.C=CCOC(=O)N1c2cc(OCCCC(=O)O)c(OC)cc2C(=O)N2CCCC[C@H]2C1OC1CCCCO1.COc1cc2c(cc1OCCCC(=O)N1C[C@@H](C)c3c1cc(O)c1ccccc31)N=C[C@@H]1CCCCN1C2=O.C[C@@H]1CN(Cl)c2cc(O)c3ccccc3c21. The van der Waals surface area contributed by atoms with Gasteiger partial charge in [-0.15, -0.1) is 0 Å². The van der Waals surface area contributed by atoms with E-state index in [0.717, 1.165) is 144 Å². The van der Waals surface area contributed by atoms with Gasteiger partial charge >= 0.3 is 18.2 Å². The molecule has 4 N–H and O–H groups in total. The predicted octanol–water partition coefficient (Wildman–Crippen LogP) is 20.0. The van der Waals surface area contributed by atoms with E-state index in [0.29, 0.717) is 143 Å². The molecule has 34 heteroatoms. The number of carbonyl (C=O) groups excluding carboxylic acids is 7. The number of phenolic OH excluding ortho intramolecular Hbond substituents is 3. The van der Waals surface area contributed by atoms with E-state index >= 15 is 0 Å². The number of piperidine rings is 3. The molecule has 0 bridgehead atoms. The van der Waals surface area contributed by atoms with E-state index in [9.17, 15) is 53.7 Å². The highest BCUT2D eigenvalue weighted by molar-refractivity contribution is 6.27. The molecule has 0 spiro atoms. The third-order valence-corrected chi connectivity index (χ3v) is 29.0. The number of hydrogen-bond donors (Lipinski definition) is 4. The molecule has 20 rings (SSSR count). The third kappa shape index (κ3) is 22.0. The quantitative estimate of drug-likeness (QED) is 0.0222. The first-order valence-corrected chi connectivity index (χ1v) is 50.9. The lowest BCUT2D eigenvalue weighted by atomic mass is 9.95. The molecule has 9 aromatic carbocycles. The van der Waals surface area contributed by atoms with Crippen LogP contribution in [-0.2, 0) is 42.8 Å². The number of carboxylic acids is 1. The van der Waals surface area contributed by atoms with Crippen molar-refractivity contribution in [1.82, 2.24) is 14.7 Å². The van der Waals surface area contributed by atoms with E-state index in [-0.39, 0.29) is 133 Å². The molecule has 4 unspecified atom stereocenters. The number of phenols is 3. The number of ether oxygens (including phenoxy) is 12. The molecule has 0 aromatic heterocycles. The van der Waals surface area contributed by atoms with Crippen molar-refractivity contribution in [2.75, 3.05) is 131 Å². The first-order valence-electron chi connectivity index (χ1n) is 50.6. The lowest BCUT2D eigenvalue weighted by Crippen LogP contribution is -2.57. The molecule has 11 aliphatic rings. The topological polar surface area (TPSA) is 367 Å². The summed E-state index contributed by atoms with van der Waals surface area (Å²) < 4.78 is 72.5. The Morgan fingerprint density at radius 2 is 0.821 bits per heavy atom. The summed E-state index contributed by atoms with van der Waals surface area (Å²) in [5, 5.41) is 45.8. The Labute approximate surface area is 848 Å². The Kier molecular flexibility index (Phi) is 33.1. The maximum absolute atomic E-state index is 14.2. The molecule has 33 nitrogen and oxygen atoms in total. The molecule has 9 aromatic rings. The first-order chi connectivity index (χ1) is 70.4. The van der Waals surface area contributed by atoms with Gasteiger partial charge in [-0.3, -0.25) is 38.2 Å². The minimum absolute atomic E-state index is 0.000346. The van der Waals surface area contributed by atoms with E-state index in [1.54, 1.807) is 85.7 Å². The minimum atomic E-state index is -0.925. The number of fused-ring (bicyclic) bond motifs is 15. The van der Waals surface area contributed by atoms with Gasteiger partial charge in [0, 0.05) is 160 Å². The second-order valence-corrected chi connectivity index (χ2v) is 38.7. The lowest BCUT2D eigenvalue weighted by Gasteiger charge is -2.42. The number of methoxy groups -OCH3 is 3. The number of benzene rings is 9. The van der Waals surface area contributed by atoms with Crippen LogP contribution in [0.3, 0.4) is 0 Å². The lowest BCUT2D eigenvalue weighted by molar-refractivity contribution is -0.199. The van der Waals surface area contributed by atoms with Gasteiger partial charge in [-0.25, -0.2) is 19.4 Å². The van der Waals surface area contributed by atoms with E-state index in [1.165, 1.54) is 41.7 Å². The average molecular weight is 2010 g/mol. The van der Waals surface area contributed by atoms with Crippen LogP contribution in [0.5, 0.6) is 51.7 Å². The van der Waals surface area contributed by atoms with Crippen LogP contribution >= 0.6 is 11.8 Å². The summed E-state index contributed by atoms with van der Waals surface area (Å²) in [5.74, 6) is 2.04. The van der Waals surface area contributed by atoms with Crippen molar-refractivity contribution in [3.05, 3.63) is 186 Å². The van der Waals surface area contributed by atoms with Crippen LogP contribution in [0.15, 0.2) is 158 Å². The number of nitrogens with zero attached hydrogens (tertiary/aromatic N) is 9. The minimum Gasteiger partial charge on any atom is -0.507 e. The van der Waals surface area contributed by atoms with Crippen molar-refractivity contribution < 1.29 is 116 Å². The Balaban J connectivity index is 0.000000140. The van der Waals surface area contributed by atoms with Crippen LogP contribution in [0.4, 0.5) is 43.7 Å². The third-order valence-electron chi connectivity index (χ3n) is 28.7. The fourth-order valence-electron chi connectivity index (χ4n) is 21.8. The van der Waals surface area contributed by atoms with Crippen LogP contribution in [-0.4, -0.2) is 239 Å². The average Bonchev–Trinajstić information content (AvgIpc) is 1.65. The molecule has 0 saturated carbocycles. The number of aromatic hydroxyl groups is 3. The summed E-state index contributed by atoms with van der Waals surface area (Å²) >= 11 is 6.13. The largest absolute Gasteiger partial charge is 0.507 e. The van der Waals surface area contributed by atoms with Gasteiger partial charge in [-0.2, -0.15) is 0 Å².